The fraction of sp³-hybridized carbons (Fsp3) is 0.208. The van der Waals surface area contributed by atoms with Crippen molar-refractivity contribution in [3.8, 4) is 11.1 Å². The molecule has 7 nitrogen and oxygen atoms in total. The quantitative estimate of drug-likeness (QED) is 0.454. The van der Waals surface area contributed by atoms with Crippen LogP contribution in [-0.4, -0.2) is 26.3 Å². The van der Waals surface area contributed by atoms with Crippen LogP contribution in [0.1, 0.15) is 16.7 Å². The first-order valence-electron chi connectivity index (χ1n) is 10.4. The van der Waals surface area contributed by atoms with Gasteiger partial charge in [0, 0.05) is 48.5 Å². The molecule has 0 radical (unpaired) electrons. The van der Waals surface area contributed by atoms with Crippen molar-refractivity contribution in [1.29, 1.82) is 0 Å². The van der Waals surface area contributed by atoms with Gasteiger partial charge in [0.2, 0.25) is 5.95 Å². The van der Waals surface area contributed by atoms with Gasteiger partial charge in [-0.2, -0.15) is 10.1 Å². The van der Waals surface area contributed by atoms with E-state index in [0.29, 0.717) is 5.95 Å². The maximum Gasteiger partial charge on any atom is 0.229 e. The topological polar surface area (TPSA) is 79.7 Å². The number of rotatable bonds is 5. The van der Waals surface area contributed by atoms with Gasteiger partial charge in [0.05, 0.1) is 6.20 Å². The first kappa shape index (κ1) is 19.3. The van der Waals surface area contributed by atoms with Crippen molar-refractivity contribution in [2.24, 2.45) is 7.05 Å². The largest absolute Gasteiger partial charge is 0.340 e. The molecule has 2 aromatic carbocycles. The first-order valence-corrected chi connectivity index (χ1v) is 10.4. The average Bonchev–Trinajstić information content (AvgIpc) is 3.20. The van der Waals surface area contributed by atoms with E-state index in [-0.39, 0.29) is 0 Å². The lowest BCUT2D eigenvalue weighted by Crippen LogP contribution is -2.23. The normalized spacial score (nSPS) is 13.0. The Labute approximate surface area is 181 Å². The molecule has 0 saturated carbocycles. The van der Waals surface area contributed by atoms with Gasteiger partial charge in [-0.3, -0.25) is 4.68 Å². The van der Waals surface area contributed by atoms with Crippen LogP contribution in [0.3, 0.4) is 0 Å². The fourth-order valence-corrected chi connectivity index (χ4v) is 3.86. The van der Waals surface area contributed by atoms with Crippen molar-refractivity contribution in [3.05, 3.63) is 77.7 Å². The minimum absolute atomic E-state index is 0.542. The Balaban J connectivity index is 1.50. The Kier molecular flexibility index (Phi) is 5.09. The van der Waals surface area contributed by atoms with E-state index in [4.69, 9.17) is 4.98 Å². The van der Waals surface area contributed by atoms with Gasteiger partial charge in [-0.15, -0.1) is 0 Å². The van der Waals surface area contributed by atoms with Crippen LogP contribution in [0.15, 0.2) is 61.1 Å². The van der Waals surface area contributed by atoms with Crippen LogP contribution < -0.4 is 16.0 Å². The molecular formula is C24H25N7. The predicted octanol–water partition coefficient (Wildman–Crippen LogP) is 4.32. The van der Waals surface area contributed by atoms with Gasteiger partial charge in [0.15, 0.2) is 0 Å². The molecule has 0 spiro atoms. The third-order valence-electron chi connectivity index (χ3n) is 5.43. The van der Waals surface area contributed by atoms with Crippen LogP contribution in [0.2, 0.25) is 0 Å². The number of aromatic nitrogens is 4. The highest BCUT2D eigenvalue weighted by atomic mass is 15.2. The van der Waals surface area contributed by atoms with E-state index in [2.05, 4.69) is 63.3 Å². The molecule has 0 bridgehead atoms. The summed E-state index contributed by atoms with van der Waals surface area (Å²) in [5, 5.41) is 14.6. The molecule has 31 heavy (non-hydrogen) atoms. The molecule has 0 fully saturated rings. The van der Waals surface area contributed by atoms with Crippen LogP contribution in [0.25, 0.3) is 11.1 Å². The standard InChI is InChI=1S/C24H25N7/c1-16-4-3-5-20(10-16)29-24-26-14-22(19-13-27-31(2)15-19)23(30-24)28-21-7-6-17-8-9-25-12-18(17)11-21/h3-7,10-11,13-15,25H,8-9,12H2,1-2H3,(H2,26,28,29,30). The second-order valence-electron chi connectivity index (χ2n) is 7.89. The highest BCUT2D eigenvalue weighted by Crippen LogP contribution is 2.30. The lowest BCUT2D eigenvalue weighted by atomic mass is 10.0. The summed E-state index contributed by atoms with van der Waals surface area (Å²) in [6.45, 7) is 3.99. The van der Waals surface area contributed by atoms with E-state index in [1.54, 1.807) is 4.68 Å². The monoisotopic (exact) mass is 411 g/mol. The third-order valence-corrected chi connectivity index (χ3v) is 5.43. The molecule has 0 aliphatic carbocycles. The zero-order valence-corrected chi connectivity index (χ0v) is 17.7. The van der Waals surface area contributed by atoms with E-state index < -0.39 is 0 Å². The summed E-state index contributed by atoms with van der Waals surface area (Å²) in [7, 11) is 1.90. The molecule has 2 aromatic heterocycles. The minimum Gasteiger partial charge on any atom is -0.340 e. The molecule has 156 valence electrons. The number of nitrogens with one attached hydrogen (secondary N) is 3. The van der Waals surface area contributed by atoms with E-state index in [0.717, 1.165) is 47.8 Å². The van der Waals surface area contributed by atoms with Gasteiger partial charge in [-0.1, -0.05) is 18.2 Å². The Morgan fingerprint density at radius 2 is 1.90 bits per heavy atom. The van der Waals surface area contributed by atoms with Crippen LogP contribution >= 0.6 is 0 Å². The summed E-state index contributed by atoms with van der Waals surface area (Å²) in [4.78, 5) is 9.36. The van der Waals surface area contributed by atoms with Crippen LogP contribution in [0.5, 0.6) is 0 Å². The molecule has 3 heterocycles. The Morgan fingerprint density at radius 3 is 2.74 bits per heavy atom. The Bertz CT molecular complexity index is 1230. The lowest BCUT2D eigenvalue weighted by Gasteiger charge is -2.19. The fourth-order valence-electron chi connectivity index (χ4n) is 3.86. The van der Waals surface area contributed by atoms with Crippen LogP contribution in [0, 0.1) is 6.92 Å². The molecule has 0 saturated heterocycles. The average molecular weight is 412 g/mol. The highest BCUT2D eigenvalue weighted by Gasteiger charge is 2.14. The number of hydrogen-bond donors (Lipinski definition) is 3. The zero-order valence-electron chi connectivity index (χ0n) is 17.7. The molecule has 5 rings (SSSR count). The molecule has 1 aliphatic heterocycles. The highest BCUT2D eigenvalue weighted by molar-refractivity contribution is 5.78. The zero-order chi connectivity index (χ0) is 21.2. The Hall–Kier alpha value is -3.71. The second kappa shape index (κ2) is 8.20. The van der Waals surface area contributed by atoms with Gasteiger partial charge in [0.25, 0.3) is 0 Å². The maximum absolute atomic E-state index is 4.80. The number of aryl methyl sites for hydroxylation is 2. The summed E-state index contributed by atoms with van der Waals surface area (Å²) in [6, 6.07) is 14.7. The summed E-state index contributed by atoms with van der Waals surface area (Å²) in [5.74, 6) is 1.28. The molecule has 0 amide bonds. The van der Waals surface area contributed by atoms with Crippen molar-refractivity contribution in [2.75, 3.05) is 17.2 Å². The molecule has 0 atom stereocenters. The van der Waals surface area contributed by atoms with Crippen LogP contribution in [-0.2, 0) is 20.0 Å². The number of hydrogen-bond acceptors (Lipinski definition) is 6. The summed E-state index contributed by atoms with van der Waals surface area (Å²) < 4.78 is 1.78. The van der Waals surface area contributed by atoms with E-state index in [1.807, 2.05) is 37.8 Å². The van der Waals surface area contributed by atoms with Gasteiger partial charge in [-0.05, 0) is 60.8 Å². The number of benzene rings is 2. The molecule has 4 aromatic rings. The molecule has 3 N–H and O–H groups in total. The van der Waals surface area contributed by atoms with Crippen molar-refractivity contribution in [1.82, 2.24) is 25.1 Å². The molecular weight excluding hydrogens is 386 g/mol. The number of nitrogens with zero attached hydrogens (tertiary/aromatic N) is 4. The number of anilines is 4. The second-order valence-corrected chi connectivity index (χ2v) is 7.89. The Morgan fingerprint density at radius 1 is 1.00 bits per heavy atom. The summed E-state index contributed by atoms with van der Waals surface area (Å²) in [6.07, 6.45) is 6.70. The minimum atomic E-state index is 0.542. The van der Waals surface area contributed by atoms with Gasteiger partial charge in [0.1, 0.15) is 5.82 Å². The predicted molar refractivity (Wildman–Crippen MR) is 124 cm³/mol. The molecule has 7 heteroatoms. The summed E-state index contributed by atoms with van der Waals surface area (Å²) in [5.41, 5.74) is 7.74. The van der Waals surface area contributed by atoms with Crippen molar-refractivity contribution < 1.29 is 0 Å². The smallest absolute Gasteiger partial charge is 0.229 e. The van der Waals surface area contributed by atoms with E-state index in [9.17, 15) is 0 Å². The van der Waals surface area contributed by atoms with E-state index in [1.165, 1.54) is 16.7 Å². The van der Waals surface area contributed by atoms with Crippen LogP contribution in [0.4, 0.5) is 23.1 Å². The van der Waals surface area contributed by atoms with E-state index >= 15 is 0 Å². The van der Waals surface area contributed by atoms with Crippen molar-refractivity contribution in [3.63, 3.8) is 0 Å². The van der Waals surface area contributed by atoms with Crippen molar-refractivity contribution >= 4 is 23.1 Å². The first-order chi connectivity index (χ1) is 15.1. The lowest BCUT2D eigenvalue weighted by molar-refractivity contribution is 0.644. The molecule has 1 aliphatic rings. The van der Waals surface area contributed by atoms with Gasteiger partial charge >= 0.3 is 0 Å². The van der Waals surface area contributed by atoms with Gasteiger partial charge < -0.3 is 16.0 Å². The third kappa shape index (κ3) is 4.27. The van der Waals surface area contributed by atoms with Gasteiger partial charge in [-0.25, -0.2) is 4.98 Å². The number of fused-ring (bicyclic) bond motifs is 1. The molecule has 0 unspecified atom stereocenters. The SMILES string of the molecule is Cc1cccc(Nc2ncc(-c3cnn(C)c3)c(Nc3ccc4c(c3)CNCC4)n2)c1. The summed E-state index contributed by atoms with van der Waals surface area (Å²) >= 11 is 0. The maximum atomic E-state index is 4.80. The van der Waals surface area contributed by atoms with Crippen molar-refractivity contribution in [2.45, 2.75) is 19.9 Å².